The molecule has 1 amide bonds. The van der Waals surface area contributed by atoms with E-state index >= 15 is 0 Å². The van der Waals surface area contributed by atoms with E-state index in [-0.39, 0.29) is 41.5 Å². The summed E-state index contributed by atoms with van der Waals surface area (Å²) in [6.07, 6.45) is 0.706. The molecule has 0 aliphatic rings. The fourth-order valence-electron chi connectivity index (χ4n) is 1.53. The van der Waals surface area contributed by atoms with E-state index in [0.29, 0.717) is 22.2 Å². The Kier molecular flexibility index (Phi) is 11.3. The van der Waals surface area contributed by atoms with Crippen molar-refractivity contribution in [3.05, 3.63) is 29.3 Å². The number of carbonyl (C=O) groups is 1. The van der Waals surface area contributed by atoms with Crippen LogP contribution in [0, 0.1) is 0 Å². The largest absolute Gasteiger partial charge is 1.00 e. The standard InChI is InChI=1S/C12H16BrNO4S.Na/c1-3-9-6-10(19-18-17-16)4-5-11(9)12(15)14-8(2)7-13;/h4-6,8,16H,3,7H2,1-2H3,(H,14,15);/q;+1/p-1. The zero-order valence-electron chi connectivity index (χ0n) is 11.6. The number of amides is 1. The molecule has 8 heteroatoms. The fourth-order valence-corrected chi connectivity index (χ4v) is 2.11. The summed E-state index contributed by atoms with van der Waals surface area (Å²) in [6.45, 7) is 3.88. The smallest absolute Gasteiger partial charge is 0.691 e. The van der Waals surface area contributed by atoms with Crippen LogP contribution in [0.5, 0.6) is 0 Å². The molecule has 5 nitrogen and oxygen atoms in total. The molecule has 0 saturated heterocycles. The van der Waals surface area contributed by atoms with Crippen LogP contribution in [0.1, 0.15) is 29.8 Å². The molecule has 1 aromatic rings. The van der Waals surface area contributed by atoms with E-state index in [0.717, 1.165) is 17.6 Å². The van der Waals surface area contributed by atoms with Crippen molar-refractivity contribution in [2.45, 2.75) is 31.2 Å². The molecule has 1 atom stereocenters. The van der Waals surface area contributed by atoms with Crippen LogP contribution in [0.15, 0.2) is 23.1 Å². The minimum absolute atomic E-state index is 0. The van der Waals surface area contributed by atoms with Gasteiger partial charge in [-0.1, -0.05) is 22.9 Å². The normalized spacial score (nSPS) is 11.6. The zero-order chi connectivity index (χ0) is 14.3. The first-order valence-electron chi connectivity index (χ1n) is 5.75. The maximum Gasteiger partial charge on any atom is 1.00 e. The molecule has 0 radical (unpaired) electrons. The van der Waals surface area contributed by atoms with Crippen LogP contribution in [0.4, 0.5) is 0 Å². The van der Waals surface area contributed by atoms with Gasteiger partial charge in [-0.15, -0.1) is 0 Å². The molecule has 1 unspecified atom stereocenters. The molecule has 0 saturated carbocycles. The third-order valence-electron chi connectivity index (χ3n) is 2.47. The average Bonchev–Trinajstić information content (AvgIpc) is 2.44. The molecular weight excluding hydrogens is 357 g/mol. The van der Waals surface area contributed by atoms with Gasteiger partial charge in [-0.05, 0) is 37.1 Å². The minimum atomic E-state index is -0.110. The van der Waals surface area contributed by atoms with E-state index in [1.54, 1.807) is 18.2 Å². The molecule has 0 aliphatic heterocycles. The summed E-state index contributed by atoms with van der Waals surface area (Å²) in [5.74, 6) is -0.110. The van der Waals surface area contributed by atoms with Crippen LogP contribution in [-0.2, 0) is 15.8 Å². The first-order valence-corrected chi connectivity index (χ1v) is 7.61. The van der Waals surface area contributed by atoms with E-state index in [4.69, 9.17) is 0 Å². The Labute approximate surface area is 153 Å². The van der Waals surface area contributed by atoms with Crippen LogP contribution >= 0.6 is 28.0 Å². The van der Waals surface area contributed by atoms with E-state index in [1.807, 2.05) is 13.8 Å². The monoisotopic (exact) mass is 371 g/mol. The van der Waals surface area contributed by atoms with E-state index in [1.165, 1.54) is 0 Å². The average molecular weight is 372 g/mol. The maximum atomic E-state index is 12.1. The Morgan fingerprint density at radius 3 is 2.80 bits per heavy atom. The van der Waals surface area contributed by atoms with Crippen molar-refractivity contribution in [2.75, 3.05) is 5.33 Å². The third-order valence-corrected chi connectivity index (χ3v) is 4.01. The molecular formula is C12H15BrNNaO4S. The summed E-state index contributed by atoms with van der Waals surface area (Å²) in [4.78, 5) is 12.8. The molecule has 0 fully saturated rings. The fraction of sp³-hybridized carbons (Fsp3) is 0.417. The van der Waals surface area contributed by atoms with Gasteiger partial charge in [0.05, 0.1) is 12.0 Å². The van der Waals surface area contributed by atoms with Crippen molar-refractivity contribution in [1.29, 1.82) is 0 Å². The molecule has 106 valence electrons. The number of aryl methyl sites for hydroxylation is 1. The van der Waals surface area contributed by atoms with Gasteiger partial charge in [-0.3, -0.25) is 9.83 Å². The maximum absolute atomic E-state index is 12.1. The summed E-state index contributed by atoms with van der Waals surface area (Å²) in [6, 6.07) is 5.28. The summed E-state index contributed by atoms with van der Waals surface area (Å²) in [7, 11) is 0. The number of rotatable bonds is 7. The van der Waals surface area contributed by atoms with Gasteiger partial charge in [-0.2, -0.15) is 4.33 Å². The van der Waals surface area contributed by atoms with E-state index in [2.05, 4.69) is 30.6 Å². The number of carbonyl (C=O) groups excluding carboxylic acids is 1. The Morgan fingerprint density at radius 1 is 1.55 bits per heavy atom. The van der Waals surface area contributed by atoms with Crippen molar-refractivity contribution < 1.29 is 49.0 Å². The van der Waals surface area contributed by atoms with Gasteiger partial charge < -0.3 is 10.6 Å². The number of nitrogens with one attached hydrogen (secondary N) is 1. The third kappa shape index (κ3) is 6.44. The number of hydrogen-bond donors (Lipinski definition) is 1. The molecule has 1 rings (SSSR count). The first-order chi connectivity index (χ1) is 9.12. The van der Waals surface area contributed by atoms with Gasteiger partial charge in [0.15, 0.2) is 0 Å². The van der Waals surface area contributed by atoms with Crippen LogP contribution in [0.3, 0.4) is 0 Å². The molecule has 0 bridgehead atoms. The second-order valence-electron chi connectivity index (χ2n) is 3.92. The molecule has 1 N–H and O–H groups in total. The number of halogens is 1. The zero-order valence-corrected chi connectivity index (χ0v) is 16.0. The van der Waals surface area contributed by atoms with Gasteiger partial charge in [0.2, 0.25) is 0 Å². The second-order valence-corrected chi connectivity index (χ2v) is 5.34. The number of benzene rings is 1. The van der Waals surface area contributed by atoms with Crippen LogP contribution in [0.25, 0.3) is 0 Å². The molecule has 1 aromatic carbocycles. The Hall–Kier alpha value is 0.400. The van der Waals surface area contributed by atoms with Gasteiger partial charge >= 0.3 is 29.6 Å². The quantitative estimate of drug-likeness (QED) is 0.219. The summed E-state index contributed by atoms with van der Waals surface area (Å²) < 4.78 is 4.26. The van der Waals surface area contributed by atoms with Crippen LogP contribution < -0.4 is 40.1 Å². The number of alkyl halides is 1. The van der Waals surface area contributed by atoms with Crippen molar-refractivity contribution >= 4 is 33.9 Å². The molecule has 0 aliphatic carbocycles. The predicted octanol–water partition coefficient (Wildman–Crippen LogP) is -1.00. The van der Waals surface area contributed by atoms with Crippen molar-refractivity contribution in [3.63, 3.8) is 0 Å². The predicted molar refractivity (Wildman–Crippen MR) is 74.6 cm³/mol. The Balaban J connectivity index is 0.00000361. The SMILES string of the molecule is CCc1cc(SOO[O-])ccc1C(=O)NC(C)CBr.[Na+]. The molecule has 0 aromatic heterocycles. The molecule has 20 heavy (non-hydrogen) atoms. The number of hydrogen-bond acceptors (Lipinski definition) is 5. The molecule has 0 spiro atoms. The van der Waals surface area contributed by atoms with Gasteiger partial charge in [0.1, 0.15) is 0 Å². The summed E-state index contributed by atoms with van der Waals surface area (Å²) in [5.41, 5.74) is 1.52. The van der Waals surface area contributed by atoms with Crippen LogP contribution in [0.2, 0.25) is 0 Å². The first kappa shape index (κ1) is 20.4. The summed E-state index contributed by atoms with van der Waals surface area (Å²) >= 11 is 4.13. The van der Waals surface area contributed by atoms with Crippen LogP contribution in [-0.4, -0.2) is 17.3 Å². The summed E-state index contributed by atoms with van der Waals surface area (Å²) in [5, 5.41) is 16.7. The Morgan fingerprint density at radius 2 is 2.25 bits per heavy atom. The van der Waals surface area contributed by atoms with Crippen molar-refractivity contribution in [1.82, 2.24) is 5.32 Å². The second kappa shape index (κ2) is 11.0. The van der Waals surface area contributed by atoms with E-state index < -0.39 is 0 Å². The van der Waals surface area contributed by atoms with E-state index in [9.17, 15) is 10.1 Å². The Bertz CT molecular complexity index is 436. The molecule has 0 heterocycles. The topological polar surface area (TPSA) is 70.6 Å². The van der Waals surface area contributed by atoms with Gasteiger partial charge in [0.25, 0.3) is 5.91 Å². The van der Waals surface area contributed by atoms with Crippen molar-refractivity contribution in [3.8, 4) is 0 Å². The van der Waals surface area contributed by atoms with Gasteiger partial charge in [0, 0.05) is 21.8 Å². The van der Waals surface area contributed by atoms with Gasteiger partial charge in [-0.25, -0.2) is 0 Å². The minimum Gasteiger partial charge on any atom is -0.691 e. The van der Waals surface area contributed by atoms with Crippen molar-refractivity contribution in [2.24, 2.45) is 0 Å².